The first-order valence-corrected chi connectivity index (χ1v) is 18.2. The minimum Gasteiger partial charge on any atom is -0.480 e. The van der Waals surface area contributed by atoms with Gasteiger partial charge in [-0.2, -0.15) is 4.98 Å². The summed E-state index contributed by atoms with van der Waals surface area (Å²) in [6.45, 7) is 8.29. The first-order valence-electron chi connectivity index (χ1n) is 18.2. The molecule has 2 aromatic heterocycles. The van der Waals surface area contributed by atoms with Crippen LogP contribution in [0.3, 0.4) is 0 Å². The Morgan fingerprint density at radius 2 is 1.50 bits per heavy atom. The first-order chi connectivity index (χ1) is 26.5. The molecule has 4 rings (SSSR count). The number of carboxylic acid groups (broad SMARTS) is 1. The van der Waals surface area contributed by atoms with Crippen molar-refractivity contribution in [2.75, 3.05) is 30.8 Å². The Labute approximate surface area is 322 Å². The Balaban J connectivity index is 1.15. The molecule has 3 aromatic rings. The van der Waals surface area contributed by atoms with Gasteiger partial charge in [-0.3, -0.25) is 38.7 Å². The normalized spacial score (nSPS) is 14.5. The number of nitrogens with zero attached hydrogens (tertiary/aromatic N) is 4. The van der Waals surface area contributed by atoms with Gasteiger partial charge in [-0.25, -0.2) is 14.8 Å². The summed E-state index contributed by atoms with van der Waals surface area (Å²) in [4.78, 5) is 101. The van der Waals surface area contributed by atoms with E-state index < -0.39 is 46.5 Å². The Bertz CT molecular complexity index is 2010. The number of anilines is 2. The van der Waals surface area contributed by atoms with Crippen molar-refractivity contribution in [2.24, 2.45) is 5.41 Å². The predicted molar refractivity (Wildman–Crippen MR) is 203 cm³/mol. The van der Waals surface area contributed by atoms with E-state index in [-0.39, 0.29) is 92.6 Å². The molecule has 300 valence electrons. The van der Waals surface area contributed by atoms with Gasteiger partial charge < -0.3 is 30.9 Å². The van der Waals surface area contributed by atoms with Crippen molar-refractivity contribution in [3.8, 4) is 0 Å². The van der Waals surface area contributed by atoms with Crippen LogP contribution in [0.5, 0.6) is 0 Å². The van der Waals surface area contributed by atoms with Gasteiger partial charge in [0.25, 0.3) is 23.3 Å². The monoisotopic (exact) mass is 776 g/mol. The summed E-state index contributed by atoms with van der Waals surface area (Å²) in [5, 5.41) is 15.3. The van der Waals surface area contributed by atoms with Crippen LogP contribution in [0.25, 0.3) is 11.2 Å². The number of Topliss-reactive ketones (excluding diaryl/α,β-unsaturated/α-hetero) is 2. The number of fused-ring (bicyclic) bond motifs is 1. The predicted octanol–water partition coefficient (Wildman–Crippen LogP) is 2.68. The van der Waals surface area contributed by atoms with Crippen LogP contribution in [0.2, 0.25) is 0 Å². The van der Waals surface area contributed by atoms with E-state index in [0.717, 1.165) is 4.90 Å². The van der Waals surface area contributed by atoms with Crippen molar-refractivity contribution in [3.05, 3.63) is 64.2 Å². The SMILES string of the molecule is CC(C)(C)C(C)(OCCCC(=O)CC[C@H](NC(=O)c1ccc(NCc2cnc3nc(N)[nH]c(=O)c3n2)cc1)C(=O)O)OCCCC(=O)CCN1C(=O)C=CC1=O. The second-order valence-electron chi connectivity index (χ2n) is 14.4. The molecule has 0 saturated heterocycles. The summed E-state index contributed by atoms with van der Waals surface area (Å²) in [5.41, 5.74) is 6.04. The molecule has 18 heteroatoms. The maximum Gasteiger partial charge on any atom is 0.326 e. The Morgan fingerprint density at radius 1 is 0.893 bits per heavy atom. The van der Waals surface area contributed by atoms with Crippen LogP contribution in [0, 0.1) is 5.41 Å². The maximum absolute atomic E-state index is 12.9. The lowest BCUT2D eigenvalue weighted by molar-refractivity contribution is -0.278. The molecule has 56 heavy (non-hydrogen) atoms. The highest BCUT2D eigenvalue weighted by molar-refractivity contribution is 6.13. The number of rotatable bonds is 22. The zero-order valence-corrected chi connectivity index (χ0v) is 31.9. The van der Waals surface area contributed by atoms with E-state index in [1.165, 1.54) is 30.5 Å². The number of carbonyl (C=O) groups is 6. The summed E-state index contributed by atoms with van der Waals surface area (Å²) in [7, 11) is 0. The molecule has 1 unspecified atom stereocenters. The zero-order chi connectivity index (χ0) is 41.0. The second kappa shape index (κ2) is 19.1. The van der Waals surface area contributed by atoms with Gasteiger partial charge in [0.15, 0.2) is 17.0 Å². The average molecular weight is 777 g/mol. The lowest BCUT2D eigenvalue weighted by Crippen LogP contribution is -2.45. The number of aromatic nitrogens is 4. The number of hydrogen-bond acceptors (Lipinski definition) is 14. The number of nitrogens with one attached hydrogen (secondary N) is 3. The summed E-state index contributed by atoms with van der Waals surface area (Å²) < 4.78 is 12.2. The van der Waals surface area contributed by atoms with Gasteiger partial charge in [-0.05, 0) is 50.5 Å². The van der Waals surface area contributed by atoms with Gasteiger partial charge in [0, 0.05) is 61.0 Å². The number of H-pyrrole nitrogens is 1. The lowest BCUT2D eigenvalue weighted by Gasteiger charge is -2.41. The van der Waals surface area contributed by atoms with Gasteiger partial charge in [0.2, 0.25) is 5.95 Å². The van der Waals surface area contributed by atoms with Crippen LogP contribution in [0.4, 0.5) is 11.6 Å². The van der Waals surface area contributed by atoms with Crippen LogP contribution in [-0.2, 0) is 40.0 Å². The molecule has 0 bridgehead atoms. The zero-order valence-electron chi connectivity index (χ0n) is 31.9. The van der Waals surface area contributed by atoms with E-state index >= 15 is 0 Å². The highest BCUT2D eigenvalue weighted by Crippen LogP contribution is 2.35. The second-order valence-corrected chi connectivity index (χ2v) is 14.4. The Morgan fingerprint density at radius 3 is 2.09 bits per heavy atom. The van der Waals surface area contributed by atoms with Crippen molar-refractivity contribution in [1.82, 2.24) is 30.2 Å². The number of carboxylic acids is 1. The molecule has 0 radical (unpaired) electrons. The summed E-state index contributed by atoms with van der Waals surface area (Å²) in [6.07, 6.45) is 4.85. The summed E-state index contributed by atoms with van der Waals surface area (Å²) in [6, 6.07) is 5.00. The quantitative estimate of drug-likeness (QED) is 0.0558. The number of amides is 3. The standard InChI is InChI=1S/C38H48N8O10/c1-37(2,3)38(4,56-20-6-8-27(48)17-18-46-29(49)15-16-30(46)50)55-19-5-7-26(47)13-14-28(35(53)54)43-33(51)23-9-11-24(12-10-23)40-21-25-22-41-32-31(42-25)34(52)45-36(39)44-32/h9-12,15-16,22,28,40H,5-8,13-14,17-21H2,1-4H3,(H,43,51)(H,53,54)(H3,39,41,44,45,52)/t28-,38?/m0/s1. The van der Waals surface area contributed by atoms with Crippen LogP contribution < -0.4 is 21.9 Å². The van der Waals surface area contributed by atoms with Crippen LogP contribution >= 0.6 is 0 Å². The number of imide groups is 1. The number of aliphatic carboxylic acids is 1. The molecule has 6 N–H and O–H groups in total. The lowest BCUT2D eigenvalue weighted by atomic mass is 9.86. The topological polar surface area (TPSA) is 266 Å². The van der Waals surface area contributed by atoms with Crippen molar-refractivity contribution in [2.45, 2.75) is 91.0 Å². The molecule has 0 saturated carbocycles. The van der Waals surface area contributed by atoms with Crippen LogP contribution in [0.15, 0.2) is 47.4 Å². The third-order valence-electron chi connectivity index (χ3n) is 9.25. The van der Waals surface area contributed by atoms with Gasteiger partial charge in [0.05, 0.1) is 31.6 Å². The van der Waals surface area contributed by atoms with E-state index in [2.05, 4.69) is 30.6 Å². The van der Waals surface area contributed by atoms with Crippen LogP contribution in [-0.4, -0.2) is 96.8 Å². The van der Waals surface area contributed by atoms with Gasteiger partial charge >= 0.3 is 5.97 Å². The first kappa shape index (κ1) is 42.9. The third kappa shape index (κ3) is 12.1. The molecular formula is C38H48N8O10. The number of carbonyl (C=O) groups excluding carboxylic acids is 5. The number of nitrogens with two attached hydrogens (primary N) is 1. The molecule has 1 aliphatic rings. The van der Waals surface area contributed by atoms with E-state index in [1.54, 1.807) is 19.1 Å². The molecule has 3 amide bonds. The Kier molecular flexibility index (Phi) is 14.6. The van der Waals surface area contributed by atoms with Crippen LogP contribution in [0.1, 0.15) is 88.7 Å². The molecule has 2 atom stereocenters. The molecule has 1 aromatic carbocycles. The summed E-state index contributed by atoms with van der Waals surface area (Å²) in [5.74, 6) is -4.11. The molecule has 0 fully saturated rings. The van der Waals surface area contributed by atoms with Crippen molar-refractivity contribution in [3.63, 3.8) is 0 Å². The molecule has 18 nitrogen and oxygen atoms in total. The fourth-order valence-corrected chi connectivity index (χ4v) is 5.48. The minimum absolute atomic E-state index is 0.0413. The number of ether oxygens (including phenoxy) is 2. The molecule has 1 aliphatic heterocycles. The van der Waals surface area contributed by atoms with Gasteiger partial charge in [-0.1, -0.05) is 20.8 Å². The maximum atomic E-state index is 12.9. The third-order valence-corrected chi connectivity index (χ3v) is 9.25. The Hall–Kier alpha value is -5.88. The smallest absolute Gasteiger partial charge is 0.326 e. The molecular weight excluding hydrogens is 728 g/mol. The number of ketones is 2. The van der Waals surface area contributed by atoms with E-state index in [1.807, 2.05) is 20.8 Å². The number of aromatic amines is 1. The molecule has 3 heterocycles. The van der Waals surface area contributed by atoms with Gasteiger partial charge in [-0.15, -0.1) is 0 Å². The fourth-order valence-electron chi connectivity index (χ4n) is 5.48. The van der Waals surface area contributed by atoms with Crippen molar-refractivity contribution >= 4 is 58.1 Å². The largest absolute Gasteiger partial charge is 0.480 e. The van der Waals surface area contributed by atoms with Crippen molar-refractivity contribution in [1.29, 1.82) is 0 Å². The molecule has 0 aliphatic carbocycles. The van der Waals surface area contributed by atoms with E-state index in [0.29, 0.717) is 24.2 Å². The van der Waals surface area contributed by atoms with E-state index in [9.17, 15) is 38.7 Å². The number of nitrogen functional groups attached to an aromatic ring is 1. The highest BCUT2D eigenvalue weighted by atomic mass is 16.7. The highest BCUT2D eigenvalue weighted by Gasteiger charge is 2.39. The minimum atomic E-state index is -1.29. The number of benzene rings is 1. The number of hydrogen-bond donors (Lipinski definition) is 5. The summed E-state index contributed by atoms with van der Waals surface area (Å²) >= 11 is 0. The van der Waals surface area contributed by atoms with Crippen molar-refractivity contribution < 1.29 is 43.3 Å². The average Bonchev–Trinajstić information content (AvgIpc) is 3.47. The van der Waals surface area contributed by atoms with E-state index in [4.69, 9.17) is 15.2 Å². The molecule has 0 spiro atoms. The fraction of sp³-hybridized carbons (Fsp3) is 0.474. The van der Waals surface area contributed by atoms with Gasteiger partial charge in [0.1, 0.15) is 17.6 Å².